The van der Waals surface area contributed by atoms with E-state index in [2.05, 4.69) is 25.5 Å². The van der Waals surface area contributed by atoms with Gasteiger partial charge in [-0.3, -0.25) is 9.89 Å². The van der Waals surface area contributed by atoms with Crippen LogP contribution < -0.4 is 10.1 Å². The average molecular weight is 323 g/mol. The number of pyridine rings is 1. The molecule has 0 atom stereocenters. The highest BCUT2D eigenvalue weighted by Crippen LogP contribution is 2.15. The van der Waals surface area contributed by atoms with Crippen molar-refractivity contribution >= 4 is 5.91 Å². The van der Waals surface area contributed by atoms with E-state index in [1.807, 2.05) is 31.2 Å². The predicted molar refractivity (Wildman–Crippen MR) is 88.4 cm³/mol. The number of ether oxygens (including phenoxy) is 1. The van der Waals surface area contributed by atoms with Gasteiger partial charge in [-0.25, -0.2) is 9.97 Å². The molecule has 0 aliphatic rings. The highest BCUT2D eigenvalue weighted by atomic mass is 16.5. The molecule has 2 aromatic heterocycles. The maximum atomic E-state index is 12.3. The van der Waals surface area contributed by atoms with Gasteiger partial charge >= 0.3 is 0 Å². The molecule has 0 unspecified atom stereocenters. The van der Waals surface area contributed by atoms with Crippen LogP contribution >= 0.6 is 0 Å². The van der Waals surface area contributed by atoms with Crippen LogP contribution in [0.25, 0.3) is 11.4 Å². The number of nitrogens with zero attached hydrogens (tertiary/aromatic N) is 3. The molecule has 24 heavy (non-hydrogen) atoms. The highest BCUT2D eigenvalue weighted by molar-refractivity contribution is 5.95. The molecular weight excluding hydrogens is 306 g/mol. The van der Waals surface area contributed by atoms with Crippen LogP contribution in [-0.2, 0) is 6.54 Å². The molecule has 0 bridgehead atoms. The van der Waals surface area contributed by atoms with Gasteiger partial charge in [0.15, 0.2) is 5.82 Å². The van der Waals surface area contributed by atoms with Crippen molar-refractivity contribution in [3.63, 3.8) is 0 Å². The van der Waals surface area contributed by atoms with Crippen LogP contribution in [0.5, 0.6) is 5.88 Å². The maximum Gasteiger partial charge on any atom is 0.251 e. The van der Waals surface area contributed by atoms with Crippen LogP contribution in [0.4, 0.5) is 0 Å². The molecule has 3 aromatic rings. The number of amides is 1. The van der Waals surface area contributed by atoms with E-state index < -0.39 is 0 Å². The minimum absolute atomic E-state index is 0.161. The fourth-order valence-electron chi connectivity index (χ4n) is 2.22. The molecular formula is C17H17N5O2. The first kappa shape index (κ1) is 15.7. The van der Waals surface area contributed by atoms with E-state index in [-0.39, 0.29) is 5.91 Å². The summed E-state index contributed by atoms with van der Waals surface area (Å²) in [4.78, 5) is 20.5. The lowest BCUT2D eigenvalue weighted by Gasteiger charge is -2.08. The standard InChI is InChI=1S/C17H17N5O2/c1-2-24-15-8-12(6-7-18-15)10-19-17(23)14-5-3-4-13(9-14)16-20-11-21-22-16/h3-9,11H,2,10H2,1H3,(H,19,23)(H,20,21,22). The Morgan fingerprint density at radius 1 is 1.25 bits per heavy atom. The van der Waals surface area contributed by atoms with Crippen LogP contribution in [0.3, 0.4) is 0 Å². The summed E-state index contributed by atoms with van der Waals surface area (Å²) in [5, 5.41) is 9.49. The Labute approximate surface area is 139 Å². The fraction of sp³-hybridized carbons (Fsp3) is 0.176. The number of carbonyl (C=O) groups is 1. The molecule has 0 spiro atoms. The Bertz CT molecular complexity index is 817. The monoisotopic (exact) mass is 323 g/mol. The Kier molecular flexibility index (Phi) is 4.81. The minimum atomic E-state index is -0.161. The van der Waals surface area contributed by atoms with Gasteiger partial charge < -0.3 is 10.1 Å². The second kappa shape index (κ2) is 7.36. The molecule has 1 aromatic carbocycles. The van der Waals surface area contributed by atoms with Gasteiger partial charge in [0.25, 0.3) is 5.91 Å². The summed E-state index contributed by atoms with van der Waals surface area (Å²) >= 11 is 0. The molecule has 0 radical (unpaired) electrons. The maximum absolute atomic E-state index is 12.3. The van der Waals surface area contributed by atoms with E-state index in [0.29, 0.717) is 30.4 Å². The van der Waals surface area contributed by atoms with Crippen molar-refractivity contribution in [2.24, 2.45) is 0 Å². The molecule has 0 saturated carbocycles. The summed E-state index contributed by atoms with van der Waals surface area (Å²) in [5.41, 5.74) is 2.29. The van der Waals surface area contributed by atoms with Gasteiger partial charge in [0.05, 0.1) is 6.61 Å². The molecule has 1 amide bonds. The second-order valence-electron chi connectivity index (χ2n) is 5.03. The summed E-state index contributed by atoms with van der Waals surface area (Å²) in [6, 6.07) is 10.9. The van der Waals surface area contributed by atoms with E-state index in [1.54, 1.807) is 18.3 Å². The molecule has 7 nitrogen and oxygen atoms in total. The zero-order valence-corrected chi connectivity index (χ0v) is 13.2. The first-order chi connectivity index (χ1) is 11.8. The van der Waals surface area contributed by atoms with Crippen molar-refractivity contribution in [3.05, 3.63) is 60.0 Å². The predicted octanol–water partition coefficient (Wildman–Crippen LogP) is 2.20. The van der Waals surface area contributed by atoms with Gasteiger partial charge in [-0.1, -0.05) is 12.1 Å². The van der Waals surface area contributed by atoms with E-state index in [0.717, 1.165) is 11.1 Å². The normalized spacial score (nSPS) is 10.4. The molecule has 7 heteroatoms. The first-order valence-electron chi connectivity index (χ1n) is 7.58. The van der Waals surface area contributed by atoms with Gasteiger partial charge in [0.1, 0.15) is 6.33 Å². The zero-order chi connectivity index (χ0) is 16.8. The third kappa shape index (κ3) is 3.75. The SMILES string of the molecule is CCOc1cc(CNC(=O)c2cccc(-c3ncn[nH]3)c2)ccn1. The fourth-order valence-corrected chi connectivity index (χ4v) is 2.22. The topological polar surface area (TPSA) is 92.8 Å². The van der Waals surface area contributed by atoms with Gasteiger partial charge in [-0.15, -0.1) is 0 Å². The zero-order valence-electron chi connectivity index (χ0n) is 13.2. The third-order valence-corrected chi connectivity index (χ3v) is 3.36. The summed E-state index contributed by atoms with van der Waals surface area (Å²) in [6.07, 6.45) is 3.10. The van der Waals surface area contributed by atoms with Crippen LogP contribution in [0.15, 0.2) is 48.9 Å². The van der Waals surface area contributed by atoms with Crippen molar-refractivity contribution in [1.29, 1.82) is 0 Å². The van der Waals surface area contributed by atoms with Crippen LogP contribution in [0.1, 0.15) is 22.8 Å². The Balaban J connectivity index is 1.67. The largest absolute Gasteiger partial charge is 0.478 e. The number of aromatic amines is 1. The van der Waals surface area contributed by atoms with Crippen LogP contribution in [0.2, 0.25) is 0 Å². The van der Waals surface area contributed by atoms with Crippen molar-refractivity contribution in [1.82, 2.24) is 25.5 Å². The molecule has 2 heterocycles. The summed E-state index contributed by atoms with van der Waals surface area (Å²) < 4.78 is 5.35. The number of nitrogens with one attached hydrogen (secondary N) is 2. The van der Waals surface area contributed by atoms with Crippen LogP contribution in [0, 0.1) is 0 Å². The van der Waals surface area contributed by atoms with E-state index in [4.69, 9.17) is 4.74 Å². The quantitative estimate of drug-likeness (QED) is 0.725. The number of H-pyrrole nitrogens is 1. The van der Waals surface area contributed by atoms with Crippen molar-refractivity contribution in [2.75, 3.05) is 6.61 Å². The number of aromatic nitrogens is 4. The number of hydrogen-bond donors (Lipinski definition) is 2. The Hall–Kier alpha value is -3.22. The van der Waals surface area contributed by atoms with E-state index >= 15 is 0 Å². The first-order valence-corrected chi connectivity index (χ1v) is 7.58. The van der Waals surface area contributed by atoms with E-state index in [9.17, 15) is 4.79 Å². The molecule has 0 fully saturated rings. The minimum Gasteiger partial charge on any atom is -0.478 e. The van der Waals surface area contributed by atoms with Crippen molar-refractivity contribution in [3.8, 4) is 17.3 Å². The molecule has 3 rings (SSSR count). The van der Waals surface area contributed by atoms with Gasteiger partial charge in [0.2, 0.25) is 5.88 Å². The van der Waals surface area contributed by atoms with Gasteiger partial charge in [0, 0.05) is 29.9 Å². The number of rotatable bonds is 6. The Morgan fingerprint density at radius 3 is 2.96 bits per heavy atom. The smallest absolute Gasteiger partial charge is 0.251 e. The molecule has 0 aliphatic heterocycles. The average Bonchev–Trinajstić information content (AvgIpc) is 3.15. The molecule has 2 N–H and O–H groups in total. The lowest BCUT2D eigenvalue weighted by atomic mass is 10.1. The molecule has 0 saturated heterocycles. The van der Waals surface area contributed by atoms with Crippen molar-refractivity contribution in [2.45, 2.75) is 13.5 Å². The van der Waals surface area contributed by atoms with Gasteiger partial charge in [-0.2, -0.15) is 5.10 Å². The summed E-state index contributed by atoms with van der Waals surface area (Å²) in [6.45, 7) is 2.85. The lowest BCUT2D eigenvalue weighted by molar-refractivity contribution is 0.0951. The second-order valence-corrected chi connectivity index (χ2v) is 5.03. The molecule has 0 aliphatic carbocycles. The lowest BCUT2D eigenvalue weighted by Crippen LogP contribution is -2.22. The van der Waals surface area contributed by atoms with E-state index in [1.165, 1.54) is 6.33 Å². The summed E-state index contributed by atoms with van der Waals surface area (Å²) in [7, 11) is 0. The highest BCUT2D eigenvalue weighted by Gasteiger charge is 2.08. The Morgan fingerprint density at radius 2 is 2.17 bits per heavy atom. The van der Waals surface area contributed by atoms with Crippen LogP contribution in [-0.4, -0.2) is 32.7 Å². The van der Waals surface area contributed by atoms with Gasteiger partial charge in [-0.05, 0) is 30.7 Å². The summed E-state index contributed by atoms with van der Waals surface area (Å²) in [5.74, 6) is 1.02. The number of benzene rings is 1. The third-order valence-electron chi connectivity index (χ3n) is 3.36. The molecule has 122 valence electrons. The number of hydrogen-bond acceptors (Lipinski definition) is 5. The van der Waals surface area contributed by atoms with Crippen molar-refractivity contribution < 1.29 is 9.53 Å². The number of carbonyl (C=O) groups excluding carboxylic acids is 1.